The number of rotatable bonds is 4. The van der Waals surface area contributed by atoms with E-state index in [1.54, 1.807) is 13.2 Å². The summed E-state index contributed by atoms with van der Waals surface area (Å²) >= 11 is 1.22. The highest BCUT2D eigenvalue weighted by Crippen LogP contribution is 2.27. The van der Waals surface area contributed by atoms with Gasteiger partial charge in [-0.3, -0.25) is 15.4 Å². The Balaban J connectivity index is 3.17. The van der Waals surface area contributed by atoms with Crippen LogP contribution in [-0.2, 0) is 4.74 Å². The predicted molar refractivity (Wildman–Crippen MR) is 65.8 cm³/mol. The summed E-state index contributed by atoms with van der Waals surface area (Å²) in [7, 11) is 0. The molecule has 0 saturated heterocycles. The second-order valence-electron chi connectivity index (χ2n) is 3.10. The molecular formula is C9H12N4O4S. The van der Waals surface area contributed by atoms with Gasteiger partial charge in [0.1, 0.15) is 5.69 Å². The zero-order valence-corrected chi connectivity index (χ0v) is 10.9. The fourth-order valence-corrected chi connectivity index (χ4v) is 1.61. The van der Waals surface area contributed by atoms with E-state index in [1.807, 2.05) is 0 Å². The highest BCUT2D eigenvalue weighted by Gasteiger charge is 2.23. The van der Waals surface area contributed by atoms with Crippen LogP contribution in [-0.4, -0.2) is 33.8 Å². The molecule has 0 aliphatic rings. The average molecular weight is 272 g/mol. The maximum atomic E-state index is 11.3. The van der Waals surface area contributed by atoms with Crippen LogP contribution in [0.25, 0.3) is 0 Å². The molecule has 0 aromatic carbocycles. The molecular weight excluding hydrogens is 260 g/mol. The number of nitrogens with one attached hydrogen (secondary N) is 1. The van der Waals surface area contributed by atoms with E-state index in [0.29, 0.717) is 5.16 Å². The summed E-state index contributed by atoms with van der Waals surface area (Å²) in [6, 6.07) is 0. The first-order valence-corrected chi connectivity index (χ1v) is 6.22. The lowest BCUT2D eigenvalue weighted by molar-refractivity contribution is -0.385. The quantitative estimate of drug-likeness (QED) is 0.386. The summed E-state index contributed by atoms with van der Waals surface area (Å²) in [4.78, 5) is 29.4. The molecule has 98 valence electrons. The van der Waals surface area contributed by atoms with Gasteiger partial charge in [-0.15, -0.1) is 0 Å². The van der Waals surface area contributed by atoms with Crippen molar-refractivity contribution in [1.29, 1.82) is 0 Å². The number of aryl methyl sites for hydroxylation is 1. The van der Waals surface area contributed by atoms with Crippen LogP contribution >= 0.6 is 11.8 Å². The van der Waals surface area contributed by atoms with E-state index in [2.05, 4.69) is 20.0 Å². The van der Waals surface area contributed by atoms with E-state index in [0.717, 1.165) is 0 Å². The Hall–Kier alpha value is -1.90. The number of anilines is 1. The van der Waals surface area contributed by atoms with E-state index in [4.69, 9.17) is 0 Å². The number of nitrogens with zero attached hydrogens (tertiary/aromatic N) is 3. The smallest absolute Gasteiger partial charge is 0.412 e. The molecule has 1 N–H and O–H groups in total. The van der Waals surface area contributed by atoms with Crippen molar-refractivity contribution in [2.45, 2.75) is 19.0 Å². The van der Waals surface area contributed by atoms with Gasteiger partial charge in [0.15, 0.2) is 5.16 Å². The molecule has 0 aliphatic carbocycles. The summed E-state index contributed by atoms with van der Waals surface area (Å²) in [6.45, 7) is 3.28. The van der Waals surface area contributed by atoms with E-state index in [-0.39, 0.29) is 23.8 Å². The minimum absolute atomic E-state index is 0.157. The van der Waals surface area contributed by atoms with Gasteiger partial charge in [-0.2, -0.15) is 4.98 Å². The number of carbonyl (C=O) groups is 1. The molecule has 0 unspecified atom stereocenters. The van der Waals surface area contributed by atoms with Crippen molar-refractivity contribution in [3.05, 3.63) is 15.8 Å². The summed E-state index contributed by atoms with van der Waals surface area (Å²) in [6.07, 6.45) is 0.945. The molecule has 0 aliphatic heterocycles. The standard InChI is InChI=1S/C9H12N4O4S/c1-4-17-9(14)12-7-6(13(15)16)5(2)10-8(11-7)18-3/h4H2,1-3H3,(H,10,11,12,14). The average Bonchev–Trinajstić information content (AvgIpc) is 2.27. The third-order valence-electron chi connectivity index (χ3n) is 1.90. The van der Waals surface area contributed by atoms with E-state index < -0.39 is 11.0 Å². The lowest BCUT2D eigenvalue weighted by Crippen LogP contribution is -2.16. The molecule has 1 heterocycles. The molecule has 1 aromatic rings. The van der Waals surface area contributed by atoms with Crippen LogP contribution < -0.4 is 5.32 Å². The third-order valence-corrected chi connectivity index (χ3v) is 2.45. The molecule has 18 heavy (non-hydrogen) atoms. The number of aromatic nitrogens is 2. The Morgan fingerprint density at radius 3 is 2.72 bits per heavy atom. The Morgan fingerprint density at radius 1 is 1.56 bits per heavy atom. The summed E-state index contributed by atoms with van der Waals surface area (Å²) in [5.41, 5.74) is -0.146. The number of amides is 1. The second-order valence-corrected chi connectivity index (χ2v) is 3.87. The van der Waals surface area contributed by atoms with Gasteiger partial charge in [0.25, 0.3) is 0 Å². The number of ether oxygens (including phenoxy) is 1. The van der Waals surface area contributed by atoms with Gasteiger partial charge in [-0.25, -0.2) is 9.78 Å². The molecule has 1 rings (SSSR count). The molecule has 0 fully saturated rings. The minimum Gasteiger partial charge on any atom is -0.450 e. The van der Waals surface area contributed by atoms with Gasteiger partial charge < -0.3 is 4.74 Å². The van der Waals surface area contributed by atoms with E-state index in [1.165, 1.54) is 18.7 Å². The van der Waals surface area contributed by atoms with Crippen LogP contribution in [0.15, 0.2) is 5.16 Å². The maximum absolute atomic E-state index is 11.3. The van der Waals surface area contributed by atoms with Crippen LogP contribution in [0.2, 0.25) is 0 Å². The van der Waals surface area contributed by atoms with Crippen molar-refractivity contribution < 1.29 is 14.5 Å². The Morgan fingerprint density at radius 2 is 2.22 bits per heavy atom. The van der Waals surface area contributed by atoms with Crippen molar-refractivity contribution in [2.24, 2.45) is 0 Å². The Bertz CT molecular complexity index is 480. The van der Waals surface area contributed by atoms with Crippen molar-refractivity contribution in [2.75, 3.05) is 18.2 Å². The van der Waals surface area contributed by atoms with Gasteiger partial charge in [0, 0.05) is 0 Å². The SMILES string of the molecule is CCOC(=O)Nc1nc(SC)nc(C)c1[N+](=O)[O-]. The Kier molecular flexibility index (Phi) is 4.84. The molecule has 9 heteroatoms. The lowest BCUT2D eigenvalue weighted by Gasteiger charge is -2.07. The fourth-order valence-electron chi connectivity index (χ4n) is 1.20. The highest BCUT2D eigenvalue weighted by molar-refractivity contribution is 7.98. The van der Waals surface area contributed by atoms with Crippen molar-refractivity contribution in [3.8, 4) is 0 Å². The van der Waals surface area contributed by atoms with Crippen LogP contribution in [0.5, 0.6) is 0 Å². The number of thioether (sulfide) groups is 1. The molecule has 0 atom stereocenters. The minimum atomic E-state index is -0.786. The van der Waals surface area contributed by atoms with Gasteiger partial charge in [-0.05, 0) is 20.1 Å². The molecule has 0 saturated carbocycles. The highest BCUT2D eigenvalue weighted by atomic mass is 32.2. The van der Waals surface area contributed by atoms with Crippen LogP contribution in [0, 0.1) is 17.0 Å². The zero-order chi connectivity index (χ0) is 13.7. The summed E-state index contributed by atoms with van der Waals surface area (Å²) < 4.78 is 4.65. The Labute approximate surface area is 107 Å². The molecule has 1 amide bonds. The number of hydrogen-bond acceptors (Lipinski definition) is 7. The van der Waals surface area contributed by atoms with Crippen molar-refractivity contribution >= 4 is 29.4 Å². The van der Waals surface area contributed by atoms with Crippen LogP contribution in [0.3, 0.4) is 0 Å². The van der Waals surface area contributed by atoms with Crippen LogP contribution in [0.4, 0.5) is 16.3 Å². The molecule has 0 radical (unpaired) electrons. The van der Waals surface area contributed by atoms with Crippen molar-refractivity contribution in [3.63, 3.8) is 0 Å². The first kappa shape index (κ1) is 14.2. The van der Waals surface area contributed by atoms with Gasteiger partial charge >= 0.3 is 11.8 Å². The summed E-state index contributed by atoms with van der Waals surface area (Å²) in [5.74, 6) is -0.157. The number of hydrogen-bond donors (Lipinski definition) is 1. The first-order chi connectivity index (χ1) is 8.49. The predicted octanol–water partition coefficient (Wildman–Crippen LogP) is 1.98. The third kappa shape index (κ3) is 3.29. The maximum Gasteiger partial charge on any atom is 0.412 e. The number of carbonyl (C=O) groups excluding carboxylic acids is 1. The molecule has 1 aromatic heterocycles. The van der Waals surface area contributed by atoms with Crippen LogP contribution in [0.1, 0.15) is 12.6 Å². The van der Waals surface area contributed by atoms with E-state index >= 15 is 0 Å². The summed E-state index contributed by atoms with van der Waals surface area (Å²) in [5, 5.41) is 13.5. The van der Waals surface area contributed by atoms with E-state index in [9.17, 15) is 14.9 Å². The largest absolute Gasteiger partial charge is 0.450 e. The van der Waals surface area contributed by atoms with Gasteiger partial charge in [0.2, 0.25) is 5.82 Å². The van der Waals surface area contributed by atoms with Crippen molar-refractivity contribution in [1.82, 2.24) is 9.97 Å². The fraction of sp³-hybridized carbons (Fsp3) is 0.444. The number of nitro groups is 1. The monoisotopic (exact) mass is 272 g/mol. The molecule has 0 bridgehead atoms. The zero-order valence-electron chi connectivity index (χ0n) is 10.1. The lowest BCUT2D eigenvalue weighted by atomic mass is 10.3. The normalized spacial score (nSPS) is 9.94. The topological polar surface area (TPSA) is 107 Å². The van der Waals surface area contributed by atoms with Gasteiger partial charge in [-0.1, -0.05) is 11.8 Å². The molecule has 8 nitrogen and oxygen atoms in total. The molecule has 0 spiro atoms. The first-order valence-electron chi connectivity index (χ1n) is 5.00. The second kappa shape index (κ2) is 6.15. The van der Waals surface area contributed by atoms with Gasteiger partial charge in [0.05, 0.1) is 11.5 Å².